The largest absolute Gasteiger partial charge is 0.444 e. The molecule has 1 aliphatic rings. The lowest BCUT2D eigenvalue weighted by molar-refractivity contribution is 0.0778. The van der Waals surface area contributed by atoms with E-state index in [1.807, 2.05) is 48.5 Å². The van der Waals surface area contributed by atoms with E-state index in [9.17, 15) is 9.90 Å². The van der Waals surface area contributed by atoms with Gasteiger partial charge in [-0.05, 0) is 43.0 Å². The second-order valence-corrected chi connectivity index (χ2v) is 6.30. The molecule has 0 saturated carbocycles. The van der Waals surface area contributed by atoms with Gasteiger partial charge in [0.2, 0.25) is 0 Å². The van der Waals surface area contributed by atoms with E-state index in [1.165, 1.54) is 0 Å². The average Bonchev–Trinajstić information content (AvgIpc) is 2.96. The minimum atomic E-state index is -0.921. The molecular formula is C19H21NO3. The Morgan fingerprint density at radius 1 is 1.17 bits per heavy atom. The van der Waals surface area contributed by atoms with Crippen LogP contribution in [0.2, 0.25) is 0 Å². The number of hydrogen-bond donors (Lipinski definition) is 1. The molecule has 1 aliphatic heterocycles. The van der Waals surface area contributed by atoms with Crippen LogP contribution in [0.3, 0.4) is 0 Å². The number of hydrogen-bond acceptors (Lipinski definition) is 3. The van der Waals surface area contributed by atoms with E-state index in [4.69, 9.17) is 4.74 Å². The molecule has 0 radical (unpaired) electrons. The van der Waals surface area contributed by atoms with Crippen LogP contribution in [-0.2, 0) is 23.4 Å². The third-order valence-electron chi connectivity index (χ3n) is 4.11. The summed E-state index contributed by atoms with van der Waals surface area (Å²) in [5.74, 6) is 0. The van der Waals surface area contributed by atoms with Gasteiger partial charge >= 0.3 is 6.09 Å². The molecule has 0 fully saturated rings. The van der Waals surface area contributed by atoms with Crippen molar-refractivity contribution >= 4 is 11.8 Å². The van der Waals surface area contributed by atoms with Gasteiger partial charge in [0.25, 0.3) is 0 Å². The van der Waals surface area contributed by atoms with Gasteiger partial charge in [0.05, 0.1) is 11.3 Å². The number of nitrogens with zero attached hydrogens (tertiary/aromatic N) is 1. The molecule has 1 N–H and O–H groups in total. The third kappa shape index (κ3) is 3.22. The minimum Gasteiger partial charge on any atom is -0.444 e. The van der Waals surface area contributed by atoms with Crippen molar-refractivity contribution in [2.45, 2.75) is 32.5 Å². The number of rotatable bonds is 3. The van der Waals surface area contributed by atoms with Crippen molar-refractivity contribution in [1.82, 2.24) is 0 Å². The number of carbonyl (C=O) groups is 1. The normalized spacial score (nSPS) is 13.8. The highest BCUT2D eigenvalue weighted by atomic mass is 16.6. The lowest BCUT2D eigenvalue weighted by atomic mass is 9.92. The molecule has 1 heterocycles. The van der Waals surface area contributed by atoms with Gasteiger partial charge in [0, 0.05) is 6.54 Å². The van der Waals surface area contributed by atoms with Crippen LogP contribution in [-0.4, -0.2) is 17.7 Å². The van der Waals surface area contributed by atoms with Gasteiger partial charge < -0.3 is 9.84 Å². The lowest BCUT2D eigenvalue weighted by Gasteiger charge is -2.22. The minimum absolute atomic E-state index is 0.261. The van der Waals surface area contributed by atoms with E-state index in [0.29, 0.717) is 6.54 Å². The standard InChI is InChI=1S/C19H21NO3/c1-19(2,22)16-9-6-10-17-15(16)11-12-20(17)18(21)23-13-14-7-4-3-5-8-14/h3-10,22H,11-13H2,1-2H3. The molecule has 0 saturated heterocycles. The highest BCUT2D eigenvalue weighted by molar-refractivity contribution is 5.90. The first-order valence-corrected chi connectivity index (χ1v) is 7.80. The molecule has 23 heavy (non-hydrogen) atoms. The molecule has 1 amide bonds. The maximum Gasteiger partial charge on any atom is 0.414 e. The van der Waals surface area contributed by atoms with Crippen LogP contribution in [0.15, 0.2) is 48.5 Å². The topological polar surface area (TPSA) is 49.8 Å². The fraction of sp³-hybridized carbons (Fsp3) is 0.316. The SMILES string of the molecule is CC(C)(O)c1cccc2c1CCN2C(=O)OCc1ccccc1. The monoisotopic (exact) mass is 311 g/mol. The first-order valence-electron chi connectivity index (χ1n) is 7.80. The predicted molar refractivity (Wildman–Crippen MR) is 89.4 cm³/mol. The molecular weight excluding hydrogens is 290 g/mol. The summed E-state index contributed by atoms with van der Waals surface area (Å²) in [5, 5.41) is 10.3. The van der Waals surface area contributed by atoms with E-state index in [2.05, 4.69) is 0 Å². The molecule has 0 unspecified atom stereocenters. The number of carbonyl (C=O) groups excluding carboxylic acids is 1. The van der Waals surface area contributed by atoms with Crippen LogP contribution >= 0.6 is 0 Å². The maximum atomic E-state index is 12.4. The van der Waals surface area contributed by atoms with E-state index in [0.717, 1.165) is 28.8 Å². The summed E-state index contributed by atoms with van der Waals surface area (Å²) in [6.45, 7) is 4.37. The number of fused-ring (bicyclic) bond motifs is 1. The number of benzene rings is 2. The summed E-state index contributed by atoms with van der Waals surface area (Å²) >= 11 is 0. The Kier molecular flexibility index (Phi) is 4.09. The van der Waals surface area contributed by atoms with E-state index in [-0.39, 0.29) is 12.7 Å². The Morgan fingerprint density at radius 2 is 1.91 bits per heavy atom. The van der Waals surface area contributed by atoms with Crippen LogP contribution in [0.5, 0.6) is 0 Å². The van der Waals surface area contributed by atoms with Gasteiger partial charge in [-0.25, -0.2) is 4.79 Å². The lowest BCUT2D eigenvalue weighted by Crippen LogP contribution is -2.29. The molecule has 0 aromatic heterocycles. The predicted octanol–water partition coefficient (Wildman–Crippen LogP) is 3.61. The van der Waals surface area contributed by atoms with Crippen molar-refractivity contribution in [1.29, 1.82) is 0 Å². The van der Waals surface area contributed by atoms with Gasteiger partial charge in [-0.15, -0.1) is 0 Å². The summed E-state index contributed by atoms with van der Waals surface area (Å²) in [7, 11) is 0. The molecule has 2 aromatic rings. The summed E-state index contributed by atoms with van der Waals surface area (Å²) in [5.41, 5.74) is 2.77. The fourth-order valence-corrected chi connectivity index (χ4v) is 2.99. The van der Waals surface area contributed by atoms with Gasteiger partial charge in [0.15, 0.2) is 0 Å². The van der Waals surface area contributed by atoms with E-state index < -0.39 is 5.60 Å². The Labute approximate surface area is 136 Å². The Morgan fingerprint density at radius 3 is 2.61 bits per heavy atom. The van der Waals surface area contributed by atoms with E-state index >= 15 is 0 Å². The second kappa shape index (κ2) is 6.05. The number of anilines is 1. The van der Waals surface area contributed by atoms with Crippen LogP contribution in [0.1, 0.15) is 30.5 Å². The van der Waals surface area contributed by atoms with Gasteiger partial charge in [0.1, 0.15) is 6.61 Å². The van der Waals surface area contributed by atoms with Crippen LogP contribution in [0, 0.1) is 0 Å². The molecule has 0 aliphatic carbocycles. The van der Waals surface area contributed by atoms with Crippen molar-refractivity contribution in [3.05, 3.63) is 65.2 Å². The van der Waals surface area contributed by atoms with Crippen molar-refractivity contribution in [2.24, 2.45) is 0 Å². The second-order valence-electron chi connectivity index (χ2n) is 6.30. The van der Waals surface area contributed by atoms with Gasteiger partial charge in [-0.3, -0.25) is 4.90 Å². The molecule has 4 heteroatoms. The van der Waals surface area contributed by atoms with Crippen molar-refractivity contribution in [2.75, 3.05) is 11.4 Å². The average molecular weight is 311 g/mol. The number of aliphatic hydroxyl groups is 1. The summed E-state index contributed by atoms with van der Waals surface area (Å²) in [4.78, 5) is 14.0. The summed E-state index contributed by atoms with van der Waals surface area (Å²) in [6.07, 6.45) is 0.385. The number of amides is 1. The highest BCUT2D eigenvalue weighted by Crippen LogP contribution is 2.36. The zero-order chi connectivity index (χ0) is 16.4. The first kappa shape index (κ1) is 15.6. The molecule has 0 bridgehead atoms. The number of ether oxygens (including phenoxy) is 1. The molecule has 0 atom stereocenters. The van der Waals surface area contributed by atoms with Gasteiger partial charge in [-0.1, -0.05) is 42.5 Å². The van der Waals surface area contributed by atoms with Crippen LogP contribution in [0.4, 0.5) is 10.5 Å². The van der Waals surface area contributed by atoms with Gasteiger partial charge in [-0.2, -0.15) is 0 Å². The highest BCUT2D eigenvalue weighted by Gasteiger charge is 2.31. The Balaban J connectivity index is 1.76. The first-order chi connectivity index (χ1) is 11.0. The van der Waals surface area contributed by atoms with Crippen molar-refractivity contribution in [3.63, 3.8) is 0 Å². The van der Waals surface area contributed by atoms with Crippen molar-refractivity contribution < 1.29 is 14.6 Å². The summed E-state index contributed by atoms with van der Waals surface area (Å²) in [6, 6.07) is 15.3. The third-order valence-corrected chi connectivity index (χ3v) is 4.11. The molecule has 120 valence electrons. The Bertz CT molecular complexity index is 704. The molecule has 3 rings (SSSR count). The zero-order valence-electron chi connectivity index (χ0n) is 13.5. The van der Waals surface area contributed by atoms with E-state index in [1.54, 1.807) is 18.7 Å². The fourth-order valence-electron chi connectivity index (χ4n) is 2.99. The molecule has 2 aromatic carbocycles. The summed E-state index contributed by atoms with van der Waals surface area (Å²) < 4.78 is 5.42. The Hall–Kier alpha value is -2.33. The van der Waals surface area contributed by atoms with Crippen LogP contribution in [0.25, 0.3) is 0 Å². The molecule has 0 spiro atoms. The molecule has 4 nitrogen and oxygen atoms in total. The smallest absolute Gasteiger partial charge is 0.414 e. The van der Waals surface area contributed by atoms with Crippen molar-refractivity contribution in [3.8, 4) is 0 Å². The zero-order valence-corrected chi connectivity index (χ0v) is 13.5. The maximum absolute atomic E-state index is 12.4. The quantitative estimate of drug-likeness (QED) is 0.942. The van der Waals surface area contributed by atoms with Crippen LogP contribution < -0.4 is 4.90 Å².